The van der Waals surface area contributed by atoms with Crippen LogP contribution in [0.2, 0.25) is 0 Å². The zero-order valence-corrected chi connectivity index (χ0v) is 10.3. The molecule has 0 bridgehead atoms. The third-order valence-electron chi connectivity index (χ3n) is 3.06. The van der Waals surface area contributed by atoms with E-state index in [0.29, 0.717) is 0 Å². The number of aromatic nitrogens is 2. The van der Waals surface area contributed by atoms with Crippen LogP contribution in [0, 0.1) is 13.8 Å². The molecule has 90 valence electrons. The summed E-state index contributed by atoms with van der Waals surface area (Å²) in [5.41, 5.74) is 14.2. The zero-order chi connectivity index (χ0) is 12.5. The second-order valence-electron chi connectivity index (χ2n) is 4.12. The molecule has 0 radical (unpaired) electrons. The van der Waals surface area contributed by atoms with Gasteiger partial charge in [-0.2, -0.15) is 5.10 Å². The van der Waals surface area contributed by atoms with E-state index in [1.54, 1.807) is 4.68 Å². The second kappa shape index (κ2) is 4.65. The number of aryl methyl sites for hydroxylation is 1. The summed E-state index contributed by atoms with van der Waals surface area (Å²) in [6.45, 7) is 7.89. The van der Waals surface area contributed by atoms with Crippen molar-refractivity contribution in [3.8, 4) is 0 Å². The molecule has 16 heavy (non-hydrogen) atoms. The number of amides is 1. The van der Waals surface area contributed by atoms with E-state index in [0.717, 1.165) is 17.8 Å². The van der Waals surface area contributed by atoms with Crippen LogP contribution in [0.15, 0.2) is 0 Å². The molecule has 0 spiro atoms. The van der Waals surface area contributed by atoms with Gasteiger partial charge in [0, 0.05) is 5.69 Å². The van der Waals surface area contributed by atoms with E-state index in [2.05, 4.69) is 12.0 Å². The molecule has 0 saturated heterocycles. The zero-order valence-electron chi connectivity index (χ0n) is 10.3. The van der Waals surface area contributed by atoms with Crippen molar-refractivity contribution in [2.24, 2.45) is 11.5 Å². The summed E-state index contributed by atoms with van der Waals surface area (Å²) >= 11 is 0. The molecular weight excluding hydrogens is 204 g/mol. The lowest BCUT2D eigenvalue weighted by molar-refractivity contribution is -0.120. The summed E-state index contributed by atoms with van der Waals surface area (Å²) in [5, 5.41) is 4.41. The Bertz CT molecular complexity index is 397. The molecule has 2 unspecified atom stereocenters. The van der Waals surface area contributed by atoms with Gasteiger partial charge in [-0.3, -0.25) is 9.48 Å². The Kier molecular flexibility index (Phi) is 3.70. The summed E-state index contributed by atoms with van der Waals surface area (Å²) in [7, 11) is 0. The van der Waals surface area contributed by atoms with Crippen LogP contribution in [0.4, 0.5) is 0 Å². The summed E-state index contributed by atoms with van der Waals surface area (Å²) < 4.78 is 1.80. The van der Waals surface area contributed by atoms with E-state index in [4.69, 9.17) is 11.5 Å². The molecule has 1 heterocycles. The summed E-state index contributed by atoms with van der Waals surface area (Å²) in [4.78, 5) is 11.0. The number of carbonyl (C=O) groups excluding carboxylic acids is 1. The number of hydrogen-bond donors (Lipinski definition) is 2. The largest absolute Gasteiger partial charge is 0.368 e. The van der Waals surface area contributed by atoms with Crippen molar-refractivity contribution in [2.75, 3.05) is 0 Å². The van der Waals surface area contributed by atoms with Gasteiger partial charge < -0.3 is 11.5 Å². The normalized spacial score (nSPS) is 14.8. The number of rotatable bonds is 4. The molecule has 1 aromatic heterocycles. The molecule has 0 saturated carbocycles. The Balaban J connectivity index is 3.09. The molecule has 1 amide bonds. The minimum Gasteiger partial charge on any atom is -0.368 e. The summed E-state index contributed by atoms with van der Waals surface area (Å²) in [6, 6.07) is -0.917. The predicted molar refractivity (Wildman–Crippen MR) is 63.0 cm³/mol. The van der Waals surface area contributed by atoms with Gasteiger partial charge in [-0.1, -0.05) is 6.92 Å². The molecular formula is C11H20N4O. The first-order valence-electron chi connectivity index (χ1n) is 5.49. The van der Waals surface area contributed by atoms with Crippen LogP contribution in [0.3, 0.4) is 0 Å². The lowest BCUT2D eigenvalue weighted by Crippen LogP contribution is -2.43. The molecule has 0 aromatic carbocycles. The minimum atomic E-state index is -0.706. The van der Waals surface area contributed by atoms with Gasteiger partial charge in [-0.05, 0) is 32.8 Å². The van der Waals surface area contributed by atoms with Gasteiger partial charge in [0.05, 0.1) is 11.7 Å². The molecule has 0 fully saturated rings. The molecule has 1 rings (SSSR count). The smallest absolute Gasteiger partial charge is 0.236 e. The van der Waals surface area contributed by atoms with Crippen LogP contribution in [0.5, 0.6) is 0 Å². The van der Waals surface area contributed by atoms with E-state index < -0.39 is 11.9 Å². The fraction of sp³-hybridized carbons (Fsp3) is 0.636. The SMILES string of the molecule is CCc1c(C)nn(C(C)C(N)C(N)=O)c1C. The van der Waals surface area contributed by atoms with Gasteiger partial charge in [-0.15, -0.1) is 0 Å². The Morgan fingerprint density at radius 1 is 1.50 bits per heavy atom. The molecule has 0 aliphatic heterocycles. The van der Waals surface area contributed by atoms with Crippen molar-refractivity contribution < 1.29 is 4.79 Å². The van der Waals surface area contributed by atoms with Crippen LogP contribution < -0.4 is 11.5 Å². The quantitative estimate of drug-likeness (QED) is 0.777. The summed E-state index contributed by atoms with van der Waals surface area (Å²) in [6.07, 6.45) is 0.927. The third kappa shape index (κ3) is 2.09. The van der Waals surface area contributed by atoms with Crippen LogP contribution in [0.25, 0.3) is 0 Å². The highest BCUT2D eigenvalue weighted by molar-refractivity contribution is 5.80. The maximum atomic E-state index is 11.0. The van der Waals surface area contributed by atoms with Crippen molar-refractivity contribution in [2.45, 2.75) is 46.2 Å². The molecule has 2 atom stereocenters. The van der Waals surface area contributed by atoms with E-state index in [1.165, 1.54) is 5.56 Å². The highest BCUT2D eigenvalue weighted by atomic mass is 16.1. The van der Waals surface area contributed by atoms with Gasteiger partial charge in [0.2, 0.25) is 5.91 Å². The van der Waals surface area contributed by atoms with Crippen LogP contribution in [-0.2, 0) is 11.2 Å². The number of carbonyl (C=O) groups is 1. The second-order valence-corrected chi connectivity index (χ2v) is 4.12. The van der Waals surface area contributed by atoms with Crippen molar-refractivity contribution in [1.29, 1.82) is 0 Å². The number of nitrogens with two attached hydrogens (primary N) is 2. The minimum absolute atomic E-state index is 0.212. The molecule has 0 aliphatic carbocycles. The Hall–Kier alpha value is -1.36. The standard InChI is InChI=1S/C11H20N4O/c1-5-9-6(2)14-15(7(9)3)8(4)10(12)11(13)16/h8,10H,5,12H2,1-4H3,(H2,13,16). The first-order chi connectivity index (χ1) is 7.40. The lowest BCUT2D eigenvalue weighted by atomic mass is 10.1. The fourth-order valence-electron chi connectivity index (χ4n) is 2.00. The van der Waals surface area contributed by atoms with Crippen LogP contribution >= 0.6 is 0 Å². The Labute approximate surface area is 95.8 Å². The molecule has 5 heteroatoms. The van der Waals surface area contributed by atoms with Gasteiger partial charge in [0.1, 0.15) is 6.04 Å². The van der Waals surface area contributed by atoms with E-state index in [9.17, 15) is 4.79 Å². The first-order valence-corrected chi connectivity index (χ1v) is 5.49. The van der Waals surface area contributed by atoms with Gasteiger partial charge in [0.15, 0.2) is 0 Å². The third-order valence-corrected chi connectivity index (χ3v) is 3.06. The van der Waals surface area contributed by atoms with Crippen LogP contribution in [0.1, 0.15) is 36.8 Å². The average Bonchev–Trinajstić information content (AvgIpc) is 2.51. The van der Waals surface area contributed by atoms with Crippen LogP contribution in [-0.4, -0.2) is 21.7 Å². The van der Waals surface area contributed by atoms with Crippen molar-refractivity contribution >= 4 is 5.91 Å². The highest BCUT2D eigenvalue weighted by Crippen LogP contribution is 2.19. The topological polar surface area (TPSA) is 86.9 Å². The van der Waals surface area contributed by atoms with E-state index in [-0.39, 0.29) is 6.04 Å². The average molecular weight is 224 g/mol. The molecule has 4 N–H and O–H groups in total. The van der Waals surface area contributed by atoms with Gasteiger partial charge in [0.25, 0.3) is 0 Å². The van der Waals surface area contributed by atoms with E-state index >= 15 is 0 Å². The van der Waals surface area contributed by atoms with Crippen molar-refractivity contribution in [1.82, 2.24) is 9.78 Å². The maximum absolute atomic E-state index is 11.0. The Morgan fingerprint density at radius 3 is 2.44 bits per heavy atom. The molecule has 0 aliphatic rings. The number of primary amides is 1. The van der Waals surface area contributed by atoms with E-state index in [1.807, 2.05) is 20.8 Å². The summed E-state index contributed by atoms with van der Waals surface area (Å²) in [5.74, 6) is -0.502. The van der Waals surface area contributed by atoms with Crippen molar-refractivity contribution in [3.63, 3.8) is 0 Å². The van der Waals surface area contributed by atoms with Gasteiger partial charge in [-0.25, -0.2) is 0 Å². The maximum Gasteiger partial charge on any atom is 0.236 e. The predicted octanol–water partition coefficient (Wildman–Crippen LogP) is 0.436. The fourth-order valence-corrected chi connectivity index (χ4v) is 2.00. The number of hydrogen-bond acceptors (Lipinski definition) is 3. The lowest BCUT2D eigenvalue weighted by Gasteiger charge is -2.19. The van der Waals surface area contributed by atoms with Crippen molar-refractivity contribution in [3.05, 3.63) is 17.0 Å². The number of nitrogens with zero attached hydrogens (tertiary/aromatic N) is 2. The van der Waals surface area contributed by atoms with Gasteiger partial charge >= 0.3 is 0 Å². The molecule has 5 nitrogen and oxygen atoms in total. The highest BCUT2D eigenvalue weighted by Gasteiger charge is 2.23. The molecule has 1 aromatic rings. The Morgan fingerprint density at radius 2 is 2.06 bits per heavy atom. The monoisotopic (exact) mass is 224 g/mol. The first kappa shape index (κ1) is 12.7.